The molecule has 0 spiro atoms. The molecule has 0 aliphatic rings. The van der Waals surface area contributed by atoms with Gasteiger partial charge in [0, 0.05) is 17.7 Å². The van der Waals surface area contributed by atoms with E-state index in [1.807, 2.05) is 0 Å². The van der Waals surface area contributed by atoms with Gasteiger partial charge in [-0.15, -0.1) is 0 Å². The number of nitrogens with one attached hydrogen (secondary N) is 2. The Bertz CT molecular complexity index is 1560. The number of rotatable bonds is 5. The van der Waals surface area contributed by atoms with Crippen LogP contribution in [0.4, 0.5) is 5.69 Å². The van der Waals surface area contributed by atoms with Crippen LogP contribution in [0, 0.1) is 17.0 Å². The van der Waals surface area contributed by atoms with Gasteiger partial charge in [0.1, 0.15) is 22.5 Å². The Labute approximate surface area is 183 Å². The zero-order chi connectivity index (χ0) is 23.3. The lowest BCUT2D eigenvalue weighted by molar-refractivity contribution is -0.384. The van der Waals surface area contributed by atoms with E-state index in [0.29, 0.717) is 16.9 Å². The molecule has 4 heterocycles. The normalized spacial score (nSPS) is 11.2. The van der Waals surface area contributed by atoms with Crippen LogP contribution in [-0.2, 0) is 0 Å². The van der Waals surface area contributed by atoms with Crippen molar-refractivity contribution < 1.29 is 29.3 Å². The lowest BCUT2D eigenvalue weighted by Crippen LogP contribution is -2.17. The van der Waals surface area contributed by atoms with Crippen molar-refractivity contribution in [2.45, 2.75) is 6.92 Å². The topological polar surface area (TPSA) is 174 Å². The third-order valence-corrected chi connectivity index (χ3v) is 5.06. The first kappa shape index (κ1) is 19.9. The monoisotopic (exact) mass is 447 g/mol. The average Bonchev–Trinajstić information content (AvgIpc) is 3.51. The highest BCUT2D eigenvalue weighted by atomic mass is 16.6. The molecule has 0 aliphatic heterocycles. The van der Waals surface area contributed by atoms with Crippen LogP contribution in [0.3, 0.4) is 0 Å². The Hall–Kier alpha value is -5.00. The second-order valence-electron chi connectivity index (χ2n) is 7.14. The van der Waals surface area contributed by atoms with E-state index < -0.39 is 22.3 Å². The summed E-state index contributed by atoms with van der Waals surface area (Å²) in [5.41, 5.74) is 0.491. The Morgan fingerprint density at radius 3 is 2.82 bits per heavy atom. The maximum absolute atomic E-state index is 13.3. The third-order valence-electron chi connectivity index (χ3n) is 5.06. The molecule has 12 nitrogen and oxygen atoms in total. The van der Waals surface area contributed by atoms with E-state index in [4.69, 9.17) is 4.42 Å². The van der Waals surface area contributed by atoms with Gasteiger partial charge in [0.05, 0.1) is 17.4 Å². The highest BCUT2D eigenvalue weighted by Crippen LogP contribution is 2.43. The summed E-state index contributed by atoms with van der Waals surface area (Å²) >= 11 is 0. The number of aromatic nitrogens is 5. The molecule has 0 saturated carbocycles. The van der Waals surface area contributed by atoms with Gasteiger partial charge in [-0.1, -0.05) is 12.1 Å². The SMILES string of the molecule is Cc1ccc(C(=O)c2c(O)c(O)n(-c3nc4nc[nH]c4c[nH+]3)c2-c2cccc([N+](=O)[O-])c2)o1. The van der Waals surface area contributed by atoms with E-state index in [1.54, 1.807) is 13.0 Å². The van der Waals surface area contributed by atoms with Crippen LogP contribution in [0.25, 0.3) is 28.4 Å². The van der Waals surface area contributed by atoms with E-state index in [0.717, 1.165) is 4.57 Å². The molecule has 0 atom stereocenters. The molecule has 1 aromatic carbocycles. The number of fused-ring (bicyclic) bond motifs is 1. The van der Waals surface area contributed by atoms with Crippen LogP contribution in [0.1, 0.15) is 21.9 Å². The molecule has 5 aromatic rings. The van der Waals surface area contributed by atoms with Crippen LogP contribution >= 0.6 is 0 Å². The zero-order valence-electron chi connectivity index (χ0n) is 16.9. The predicted octanol–water partition coefficient (Wildman–Crippen LogP) is 2.68. The molecule has 0 unspecified atom stereocenters. The van der Waals surface area contributed by atoms with E-state index in [1.165, 1.54) is 42.9 Å². The van der Waals surface area contributed by atoms with Crippen LogP contribution < -0.4 is 4.98 Å². The summed E-state index contributed by atoms with van der Waals surface area (Å²) in [7, 11) is 0. The minimum atomic E-state index is -0.729. The second kappa shape index (κ2) is 7.30. The molecular formula is C21H15N6O6+. The molecule has 0 amide bonds. The molecule has 0 aliphatic carbocycles. The van der Waals surface area contributed by atoms with E-state index in [2.05, 4.69) is 19.9 Å². The minimum absolute atomic E-state index is 0.0126. The van der Waals surface area contributed by atoms with Crippen molar-refractivity contribution in [3.8, 4) is 28.8 Å². The molecule has 4 N–H and O–H groups in total. The van der Waals surface area contributed by atoms with Crippen molar-refractivity contribution in [1.82, 2.24) is 19.5 Å². The number of hydrogen-bond donors (Lipinski definition) is 3. The van der Waals surface area contributed by atoms with Gasteiger partial charge in [-0.25, -0.2) is 9.97 Å². The Balaban J connectivity index is 1.83. The molecule has 4 aromatic heterocycles. The number of nitrogens with zero attached hydrogens (tertiary/aromatic N) is 4. The number of carbonyl (C=O) groups is 1. The number of carbonyl (C=O) groups excluding carboxylic acids is 1. The standard InChI is InChI=1S/C21H14N6O6/c1-10-5-6-14(33-10)17(28)15-16(11-3-2-4-12(7-11)27(31)32)26(20(30)18(15)29)21-22-8-13-19(25-21)24-9-23-13/h2-9,29-30H,1H3,(H,22,23,24,25)/p+1. The van der Waals surface area contributed by atoms with Crippen molar-refractivity contribution in [1.29, 1.82) is 0 Å². The first-order valence-electron chi connectivity index (χ1n) is 9.60. The largest absolute Gasteiger partial charge is 0.501 e. The van der Waals surface area contributed by atoms with Crippen LogP contribution in [0.15, 0.2) is 53.3 Å². The molecule has 0 saturated heterocycles. The van der Waals surface area contributed by atoms with Gasteiger partial charge in [0.2, 0.25) is 11.5 Å². The summed E-state index contributed by atoms with van der Waals surface area (Å²) < 4.78 is 6.50. The van der Waals surface area contributed by atoms with Gasteiger partial charge >= 0.3 is 11.8 Å². The molecule has 5 rings (SSSR count). The molecule has 0 fully saturated rings. The summed E-state index contributed by atoms with van der Waals surface area (Å²) in [6.45, 7) is 1.65. The van der Waals surface area contributed by atoms with Crippen molar-refractivity contribution in [3.63, 3.8) is 0 Å². The number of furan rings is 1. The van der Waals surface area contributed by atoms with Crippen molar-refractivity contribution in [3.05, 3.63) is 76.1 Å². The maximum Gasteiger partial charge on any atom is 0.406 e. The number of hydrogen-bond acceptors (Lipinski definition) is 8. The van der Waals surface area contributed by atoms with E-state index >= 15 is 0 Å². The van der Waals surface area contributed by atoms with Crippen molar-refractivity contribution in [2.24, 2.45) is 0 Å². The number of nitro groups is 1. The van der Waals surface area contributed by atoms with Gasteiger partial charge in [0.25, 0.3) is 11.3 Å². The number of imidazole rings is 1. The van der Waals surface area contributed by atoms with Crippen LogP contribution in [0.5, 0.6) is 11.6 Å². The fourth-order valence-electron chi connectivity index (χ4n) is 3.57. The first-order valence-corrected chi connectivity index (χ1v) is 9.60. The number of aromatic hydroxyl groups is 2. The Morgan fingerprint density at radius 2 is 2.09 bits per heavy atom. The van der Waals surface area contributed by atoms with Gasteiger partial charge in [0.15, 0.2) is 5.76 Å². The number of aryl methyl sites for hydroxylation is 1. The lowest BCUT2D eigenvalue weighted by Gasteiger charge is -2.05. The summed E-state index contributed by atoms with van der Waals surface area (Å²) in [5, 5.41) is 33.0. The summed E-state index contributed by atoms with van der Waals surface area (Å²) in [6.07, 6.45) is 2.97. The maximum atomic E-state index is 13.3. The van der Waals surface area contributed by atoms with Crippen molar-refractivity contribution in [2.75, 3.05) is 0 Å². The fourth-order valence-corrected chi connectivity index (χ4v) is 3.57. The average molecular weight is 447 g/mol. The summed E-state index contributed by atoms with van der Waals surface area (Å²) in [6, 6.07) is 8.46. The second-order valence-corrected chi connectivity index (χ2v) is 7.14. The van der Waals surface area contributed by atoms with Gasteiger partial charge in [-0.3, -0.25) is 14.9 Å². The van der Waals surface area contributed by atoms with Gasteiger partial charge in [-0.2, -0.15) is 4.57 Å². The number of non-ortho nitro benzene ring substituents is 1. The number of benzene rings is 1. The lowest BCUT2D eigenvalue weighted by atomic mass is 10.0. The molecule has 0 bridgehead atoms. The zero-order valence-corrected chi connectivity index (χ0v) is 16.9. The summed E-state index contributed by atoms with van der Waals surface area (Å²) in [5.74, 6) is -1.74. The van der Waals surface area contributed by atoms with Crippen LogP contribution in [0.2, 0.25) is 0 Å². The molecule has 164 valence electrons. The molecule has 33 heavy (non-hydrogen) atoms. The first-order chi connectivity index (χ1) is 15.8. The number of ketones is 1. The highest BCUT2D eigenvalue weighted by Gasteiger charge is 2.36. The highest BCUT2D eigenvalue weighted by molar-refractivity contribution is 6.14. The number of aromatic amines is 2. The number of H-pyrrole nitrogens is 2. The Morgan fingerprint density at radius 1 is 1.27 bits per heavy atom. The quantitative estimate of drug-likeness (QED) is 0.209. The third kappa shape index (κ3) is 3.17. The number of nitro benzene ring substituents is 1. The van der Waals surface area contributed by atoms with Gasteiger partial charge < -0.3 is 19.6 Å². The smallest absolute Gasteiger partial charge is 0.406 e. The Kier molecular flexibility index (Phi) is 4.41. The predicted molar refractivity (Wildman–Crippen MR) is 112 cm³/mol. The van der Waals surface area contributed by atoms with Crippen LogP contribution in [-0.4, -0.2) is 40.4 Å². The summed E-state index contributed by atoms with van der Waals surface area (Å²) in [4.78, 5) is 38.2. The van der Waals surface area contributed by atoms with E-state index in [-0.39, 0.29) is 34.2 Å². The van der Waals surface area contributed by atoms with Crippen molar-refractivity contribution >= 4 is 22.6 Å². The minimum Gasteiger partial charge on any atom is -0.501 e. The molecule has 0 radical (unpaired) electrons. The fraction of sp³-hybridized carbons (Fsp3) is 0.0476. The molecule has 12 heteroatoms. The van der Waals surface area contributed by atoms with Gasteiger partial charge in [-0.05, 0) is 24.0 Å². The molecular weight excluding hydrogens is 432 g/mol. The van der Waals surface area contributed by atoms with E-state index in [9.17, 15) is 25.1 Å².